The molecule has 2 atom stereocenters. The SMILES string of the molecule is Cc1cc(-c2n[nH]c3ccc(C(=O)N[C@H]4CCC[C@](O)(Cn5cc6ccccc6n5)C4)cc23)ccn1. The number of fused-ring (bicyclic) bond motifs is 2. The summed E-state index contributed by atoms with van der Waals surface area (Å²) in [6.07, 6.45) is 6.59. The summed E-state index contributed by atoms with van der Waals surface area (Å²) in [7, 11) is 0. The highest BCUT2D eigenvalue weighted by Crippen LogP contribution is 2.31. The summed E-state index contributed by atoms with van der Waals surface area (Å²) in [6, 6.07) is 17.3. The summed E-state index contributed by atoms with van der Waals surface area (Å²) in [4.78, 5) is 17.5. The van der Waals surface area contributed by atoms with Crippen molar-refractivity contribution in [1.29, 1.82) is 0 Å². The van der Waals surface area contributed by atoms with Crippen molar-refractivity contribution in [2.75, 3.05) is 0 Å². The van der Waals surface area contributed by atoms with Crippen molar-refractivity contribution < 1.29 is 9.90 Å². The van der Waals surface area contributed by atoms with Gasteiger partial charge in [-0.25, -0.2) is 0 Å². The molecule has 0 aliphatic heterocycles. The van der Waals surface area contributed by atoms with Gasteiger partial charge in [-0.05, 0) is 69.0 Å². The monoisotopic (exact) mass is 480 g/mol. The van der Waals surface area contributed by atoms with Gasteiger partial charge in [-0.2, -0.15) is 10.2 Å². The zero-order valence-corrected chi connectivity index (χ0v) is 20.1. The molecular weight excluding hydrogens is 452 g/mol. The van der Waals surface area contributed by atoms with E-state index in [1.807, 2.05) is 72.4 Å². The number of H-pyrrole nitrogens is 1. The van der Waals surface area contributed by atoms with Crippen LogP contribution in [0.5, 0.6) is 0 Å². The van der Waals surface area contributed by atoms with Crippen LogP contribution in [0.4, 0.5) is 0 Å². The number of aromatic amines is 1. The lowest BCUT2D eigenvalue weighted by molar-refractivity contribution is -0.0235. The van der Waals surface area contributed by atoms with E-state index in [0.717, 1.165) is 51.6 Å². The van der Waals surface area contributed by atoms with Crippen LogP contribution in [0.25, 0.3) is 33.1 Å². The van der Waals surface area contributed by atoms with E-state index < -0.39 is 5.60 Å². The molecule has 0 bridgehead atoms. The number of nitrogens with one attached hydrogen (secondary N) is 2. The Kier molecular flexibility index (Phi) is 5.53. The molecule has 182 valence electrons. The van der Waals surface area contributed by atoms with Crippen molar-refractivity contribution in [2.45, 2.75) is 50.8 Å². The van der Waals surface area contributed by atoms with Crippen LogP contribution in [0.2, 0.25) is 0 Å². The van der Waals surface area contributed by atoms with E-state index in [2.05, 4.69) is 25.6 Å². The lowest BCUT2D eigenvalue weighted by atomic mass is 9.81. The molecule has 1 aliphatic carbocycles. The molecule has 0 unspecified atom stereocenters. The highest BCUT2D eigenvalue weighted by atomic mass is 16.3. The molecule has 8 heteroatoms. The van der Waals surface area contributed by atoms with Gasteiger partial charge in [-0.1, -0.05) is 18.2 Å². The molecule has 3 aromatic heterocycles. The minimum atomic E-state index is -0.918. The van der Waals surface area contributed by atoms with Gasteiger partial charge in [0, 0.05) is 46.0 Å². The minimum Gasteiger partial charge on any atom is -0.388 e. The van der Waals surface area contributed by atoms with Crippen LogP contribution < -0.4 is 5.32 Å². The zero-order valence-electron chi connectivity index (χ0n) is 20.1. The smallest absolute Gasteiger partial charge is 0.251 e. The van der Waals surface area contributed by atoms with Crippen LogP contribution in [0.15, 0.2) is 67.0 Å². The van der Waals surface area contributed by atoms with E-state index in [-0.39, 0.29) is 11.9 Å². The predicted molar refractivity (Wildman–Crippen MR) is 138 cm³/mol. The van der Waals surface area contributed by atoms with Gasteiger partial charge in [0.05, 0.1) is 23.2 Å². The molecular formula is C28H28N6O2. The molecule has 2 aromatic carbocycles. The van der Waals surface area contributed by atoms with Gasteiger partial charge in [-0.3, -0.25) is 19.6 Å². The second kappa shape index (κ2) is 8.87. The van der Waals surface area contributed by atoms with Crippen LogP contribution >= 0.6 is 0 Å². The van der Waals surface area contributed by atoms with Gasteiger partial charge in [0.25, 0.3) is 5.91 Å². The van der Waals surface area contributed by atoms with Crippen molar-refractivity contribution in [3.8, 4) is 11.3 Å². The molecule has 0 radical (unpaired) electrons. The standard InChI is InChI=1S/C28H28N6O2/c1-18-13-19(10-12-29-18)26-23-14-20(8-9-25(23)31-32-26)27(35)30-22-6-4-11-28(36,15-22)17-34-16-21-5-2-3-7-24(21)33-34/h2-3,5,7-10,12-14,16,22,36H,4,6,11,15,17H2,1H3,(H,30,35)(H,31,32)/t22-,28+/m0/s1. The number of aryl methyl sites for hydroxylation is 1. The van der Waals surface area contributed by atoms with Crippen LogP contribution in [0.3, 0.4) is 0 Å². The fourth-order valence-corrected chi connectivity index (χ4v) is 5.34. The number of carbonyl (C=O) groups excluding carboxylic acids is 1. The van der Waals surface area contributed by atoms with Gasteiger partial charge in [0.1, 0.15) is 5.69 Å². The highest BCUT2D eigenvalue weighted by molar-refractivity contribution is 6.01. The first-order chi connectivity index (χ1) is 17.5. The van der Waals surface area contributed by atoms with E-state index in [1.54, 1.807) is 6.20 Å². The Hall–Kier alpha value is -4.04. The summed E-state index contributed by atoms with van der Waals surface area (Å²) in [6.45, 7) is 2.35. The molecule has 8 nitrogen and oxygen atoms in total. The summed E-state index contributed by atoms with van der Waals surface area (Å²) in [5, 5.41) is 28.6. The summed E-state index contributed by atoms with van der Waals surface area (Å²) in [5.41, 5.74) is 4.10. The average molecular weight is 481 g/mol. The Balaban J connectivity index is 1.18. The normalized spacial score (nSPS) is 20.1. The Morgan fingerprint density at radius 3 is 2.97 bits per heavy atom. The molecule has 0 saturated heterocycles. The molecule has 3 N–H and O–H groups in total. The maximum atomic E-state index is 13.2. The summed E-state index contributed by atoms with van der Waals surface area (Å²) in [5.74, 6) is -0.144. The molecule has 3 heterocycles. The number of hydrogen-bond donors (Lipinski definition) is 3. The second-order valence-corrected chi connectivity index (χ2v) is 9.90. The van der Waals surface area contributed by atoms with Crippen molar-refractivity contribution in [3.63, 3.8) is 0 Å². The number of nitrogens with zero attached hydrogens (tertiary/aromatic N) is 4. The fraction of sp³-hybridized carbons (Fsp3) is 0.286. The third-order valence-corrected chi connectivity index (χ3v) is 7.07. The predicted octanol–water partition coefficient (Wildman–Crippen LogP) is 4.39. The first kappa shape index (κ1) is 22.4. The molecule has 5 aromatic rings. The maximum Gasteiger partial charge on any atom is 0.251 e. The van der Waals surface area contributed by atoms with E-state index >= 15 is 0 Å². The molecule has 1 amide bonds. The Bertz CT molecular complexity index is 1540. The van der Waals surface area contributed by atoms with Crippen LogP contribution in [0, 0.1) is 6.92 Å². The molecule has 36 heavy (non-hydrogen) atoms. The molecule has 1 fully saturated rings. The number of carbonyl (C=O) groups is 1. The van der Waals surface area contributed by atoms with E-state index in [0.29, 0.717) is 24.9 Å². The fourth-order valence-electron chi connectivity index (χ4n) is 5.34. The number of amides is 1. The van der Waals surface area contributed by atoms with E-state index in [4.69, 9.17) is 0 Å². The first-order valence-corrected chi connectivity index (χ1v) is 12.3. The first-order valence-electron chi connectivity index (χ1n) is 12.3. The van der Waals surface area contributed by atoms with Crippen LogP contribution in [-0.4, -0.2) is 47.6 Å². The van der Waals surface area contributed by atoms with Gasteiger partial charge < -0.3 is 10.4 Å². The van der Waals surface area contributed by atoms with E-state index in [9.17, 15) is 9.90 Å². The molecule has 1 saturated carbocycles. The summed E-state index contributed by atoms with van der Waals surface area (Å²) >= 11 is 0. The third kappa shape index (κ3) is 4.35. The second-order valence-electron chi connectivity index (χ2n) is 9.90. The number of pyridine rings is 1. The highest BCUT2D eigenvalue weighted by Gasteiger charge is 2.36. The lowest BCUT2D eigenvalue weighted by Gasteiger charge is -2.37. The van der Waals surface area contributed by atoms with Crippen LogP contribution in [0.1, 0.15) is 41.7 Å². The maximum absolute atomic E-state index is 13.2. The average Bonchev–Trinajstić information content (AvgIpc) is 3.46. The largest absolute Gasteiger partial charge is 0.388 e. The van der Waals surface area contributed by atoms with Crippen molar-refractivity contribution >= 4 is 27.7 Å². The molecule has 1 aliphatic rings. The van der Waals surface area contributed by atoms with Crippen LogP contribution in [-0.2, 0) is 6.54 Å². The topological polar surface area (TPSA) is 109 Å². The van der Waals surface area contributed by atoms with Gasteiger partial charge in [0.15, 0.2) is 0 Å². The van der Waals surface area contributed by atoms with Crippen molar-refractivity contribution in [2.24, 2.45) is 0 Å². The van der Waals surface area contributed by atoms with Gasteiger partial charge in [0.2, 0.25) is 0 Å². The number of rotatable bonds is 5. The number of hydrogen-bond acceptors (Lipinski definition) is 5. The Labute approximate surface area is 208 Å². The minimum absolute atomic E-state index is 0.108. The molecule has 6 rings (SSSR count). The number of benzene rings is 2. The molecule has 0 spiro atoms. The van der Waals surface area contributed by atoms with Gasteiger partial charge in [-0.15, -0.1) is 0 Å². The lowest BCUT2D eigenvalue weighted by Crippen LogP contribution is -2.47. The zero-order chi connectivity index (χ0) is 24.7. The Morgan fingerprint density at radius 2 is 2.11 bits per heavy atom. The third-order valence-electron chi connectivity index (χ3n) is 7.07. The number of aromatic nitrogens is 5. The Morgan fingerprint density at radius 1 is 1.22 bits per heavy atom. The summed E-state index contributed by atoms with van der Waals surface area (Å²) < 4.78 is 1.82. The van der Waals surface area contributed by atoms with Gasteiger partial charge >= 0.3 is 0 Å². The quantitative estimate of drug-likeness (QED) is 0.346. The number of aliphatic hydroxyl groups is 1. The van der Waals surface area contributed by atoms with Crippen molar-refractivity contribution in [1.82, 2.24) is 30.3 Å². The van der Waals surface area contributed by atoms with E-state index in [1.165, 1.54) is 0 Å². The van der Waals surface area contributed by atoms with Crippen molar-refractivity contribution in [3.05, 3.63) is 78.2 Å².